The number of hydrogen-bond acceptors (Lipinski definition) is 6. The summed E-state index contributed by atoms with van der Waals surface area (Å²) in [5.41, 5.74) is -1.42. The molecule has 1 aliphatic heterocycles. The summed E-state index contributed by atoms with van der Waals surface area (Å²) in [4.78, 5) is 47.5. The van der Waals surface area contributed by atoms with Gasteiger partial charge in [-0.05, 0) is 26.0 Å². The van der Waals surface area contributed by atoms with Gasteiger partial charge < -0.3 is 5.32 Å². The molecule has 0 saturated heterocycles. The summed E-state index contributed by atoms with van der Waals surface area (Å²) >= 11 is 0. The van der Waals surface area contributed by atoms with Gasteiger partial charge in [-0.2, -0.15) is 0 Å². The summed E-state index contributed by atoms with van der Waals surface area (Å²) in [6.07, 6.45) is 0. The van der Waals surface area contributed by atoms with Gasteiger partial charge in [0.1, 0.15) is 5.78 Å². The quantitative estimate of drug-likeness (QED) is 0.792. The molecule has 0 radical (unpaired) electrons. The maximum absolute atomic E-state index is 12.3. The molecule has 0 bridgehead atoms. The lowest BCUT2D eigenvalue weighted by molar-refractivity contribution is -0.140. The van der Waals surface area contributed by atoms with E-state index >= 15 is 0 Å². The Kier molecular flexibility index (Phi) is 3.75. The van der Waals surface area contributed by atoms with Crippen LogP contribution in [-0.2, 0) is 19.2 Å². The predicted octanol–water partition coefficient (Wildman–Crippen LogP) is 1.15. The Morgan fingerprint density at radius 3 is 2.05 bits per heavy atom. The maximum atomic E-state index is 12.3. The Morgan fingerprint density at radius 1 is 1.05 bits per heavy atom. The van der Waals surface area contributed by atoms with Crippen LogP contribution in [0, 0.1) is 5.92 Å². The lowest BCUT2D eigenvalue weighted by Crippen LogP contribution is -2.45. The highest BCUT2D eigenvalue weighted by atomic mass is 16.2. The van der Waals surface area contributed by atoms with E-state index in [0.29, 0.717) is 5.69 Å². The molecule has 108 valence electrons. The van der Waals surface area contributed by atoms with E-state index in [9.17, 15) is 19.2 Å². The standard InChI is InChI=1S/C14H13N3O4/c1-8(18)11(12(20)14(9(2)19)16-17-14)13(21)15-10-6-4-3-5-7-10/h3-7,11H,1-2H3,(H,15,21). The van der Waals surface area contributed by atoms with Crippen molar-refractivity contribution in [3.63, 3.8) is 0 Å². The Morgan fingerprint density at radius 2 is 1.62 bits per heavy atom. The zero-order valence-electron chi connectivity index (χ0n) is 11.5. The zero-order valence-corrected chi connectivity index (χ0v) is 11.5. The number of carbonyl (C=O) groups excluding carboxylic acids is 4. The first kappa shape index (κ1) is 14.7. The summed E-state index contributed by atoms with van der Waals surface area (Å²) in [6.45, 7) is 2.26. The van der Waals surface area contributed by atoms with Crippen molar-refractivity contribution >= 4 is 28.9 Å². The van der Waals surface area contributed by atoms with Crippen molar-refractivity contribution in [2.75, 3.05) is 5.32 Å². The van der Waals surface area contributed by atoms with Crippen LogP contribution in [0.25, 0.3) is 0 Å². The molecule has 1 aliphatic rings. The minimum atomic E-state index is -1.87. The van der Waals surface area contributed by atoms with Crippen LogP contribution in [0.15, 0.2) is 40.6 Å². The predicted molar refractivity (Wildman–Crippen MR) is 72.5 cm³/mol. The smallest absolute Gasteiger partial charge is 0.306 e. The van der Waals surface area contributed by atoms with Gasteiger partial charge in [0, 0.05) is 5.69 Å². The summed E-state index contributed by atoms with van der Waals surface area (Å²) in [5.74, 6) is -4.57. The van der Waals surface area contributed by atoms with Gasteiger partial charge in [0.15, 0.2) is 11.7 Å². The number of hydrogen-bond donors (Lipinski definition) is 1. The third kappa shape index (κ3) is 2.76. The van der Waals surface area contributed by atoms with Gasteiger partial charge in [-0.25, -0.2) is 0 Å². The molecule has 0 saturated carbocycles. The van der Waals surface area contributed by atoms with Crippen LogP contribution in [0.1, 0.15) is 13.8 Å². The van der Waals surface area contributed by atoms with Gasteiger partial charge in [-0.15, -0.1) is 10.2 Å². The fourth-order valence-electron chi connectivity index (χ4n) is 1.89. The summed E-state index contributed by atoms with van der Waals surface area (Å²) in [7, 11) is 0. The maximum Gasteiger partial charge on any atom is 0.306 e. The van der Waals surface area contributed by atoms with Crippen LogP contribution < -0.4 is 5.32 Å². The molecule has 1 aromatic rings. The minimum absolute atomic E-state index is 0.447. The fraction of sp³-hybridized carbons (Fsp3) is 0.286. The van der Waals surface area contributed by atoms with E-state index in [2.05, 4.69) is 15.5 Å². The molecule has 0 aliphatic carbocycles. The highest BCUT2D eigenvalue weighted by Crippen LogP contribution is 2.33. The Labute approximate surface area is 120 Å². The van der Waals surface area contributed by atoms with Crippen molar-refractivity contribution < 1.29 is 19.2 Å². The molecule has 21 heavy (non-hydrogen) atoms. The van der Waals surface area contributed by atoms with E-state index in [-0.39, 0.29) is 0 Å². The summed E-state index contributed by atoms with van der Waals surface area (Å²) in [6, 6.07) is 8.39. The molecular weight excluding hydrogens is 274 g/mol. The summed E-state index contributed by atoms with van der Waals surface area (Å²) in [5, 5.41) is 9.31. The molecule has 1 heterocycles. The number of benzene rings is 1. The van der Waals surface area contributed by atoms with E-state index in [0.717, 1.165) is 13.8 Å². The first-order valence-electron chi connectivity index (χ1n) is 6.24. The average molecular weight is 287 g/mol. The summed E-state index contributed by atoms with van der Waals surface area (Å²) < 4.78 is 0. The molecule has 0 spiro atoms. The molecule has 0 aromatic heterocycles. The van der Waals surface area contributed by atoms with E-state index < -0.39 is 34.8 Å². The number of nitrogens with zero attached hydrogens (tertiary/aromatic N) is 2. The molecule has 1 amide bonds. The zero-order chi connectivity index (χ0) is 15.6. The van der Waals surface area contributed by atoms with Crippen molar-refractivity contribution in [2.45, 2.75) is 19.5 Å². The van der Waals surface area contributed by atoms with E-state index in [1.807, 2.05) is 0 Å². The second-order valence-corrected chi connectivity index (χ2v) is 4.69. The van der Waals surface area contributed by atoms with Gasteiger partial charge in [0.25, 0.3) is 0 Å². The number of nitrogens with one attached hydrogen (secondary N) is 1. The van der Waals surface area contributed by atoms with Crippen LogP contribution in [0.4, 0.5) is 5.69 Å². The topological polar surface area (TPSA) is 105 Å². The largest absolute Gasteiger partial charge is 0.325 e. The van der Waals surface area contributed by atoms with Crippen LogP contribution in [-0.4, -0.2) is 28.9 Å². The molecule has 1 aromatic carbocycles. The van der Waals surface area contributed by atoms with E-state index in [1.165, 1.54) is 0 Å². The molecule has 7 nitrogen and oxygen atoms in total. The van der Waals surface area contributed by atoms with Crippen molar-refractivity contribution in [1.29, 1.82) is 0 Å². The molecule has 1 N–H and O–H groups in total. The fourth-order valence-corrected chi connectivity index (χ4v) is 1.89. The Bertz CT molecular complexity index is 645. The first-order valence-corrected chi connectivity index (χ1v) is 6.24. The minimum Gasteiger partial charge on any atom is -0.325 e. The number of ketones is 3. The van der Waals surface area contributed by atoms with Gasteiger partial charge in [0.05, 0.1) is 0 Å². The second kappa shape index (κ2) is 5.35. The monoisotopic (exact) mass is 287 g/mol. The Balaban J connectivity index is 2.20. The number of Topliss-reactive ketones (excluding diaryl/α,β-unsaturated/α-hetero) is 3. The number of para-hydroxylation sites is 1. The van der Waals surface area contributed by atoms with Crippen LogP contribution in [0.5, 0.6) is 0 Å². The normalized spacial score (nSPS) is 15.9. The van der Waals surface area contributed by atoms with Gasteiger partial charge >= 0.3 is 5.66 Å². The van der Waals surface area contributed by atoms with Crippen molar-refractivity contribution in [3.8, 4) is 0 Å². The highest BCUT2D eigenvalue weighted by molar-refractivity contribution is 6.29. The molecule has 0 fully saturated rings. The van der Waals surface area contributed by atoms with E-state index in [1.54, 1.807) is 30.3 Å². The lowest BCUT2D eigenvalue weighted by atomic mass is 9.89. The molecule has 1 atom stereocenters. The van der Waals surface area contributed by atoms with Crippen LogP contribution >= 0.6 is 0 Å². The van der Waals surface area contributed by atoms with Gasteiger partial charge in [0.2, 0.25) is 11.7 Å². The Hall–Kier alpha value is -2.70. The third-order valence-corrected chi connectivity index (χ3v) is 3.11. The molecular formula is C14H13N3O4. The van der Waals surface area contributed by atoms with Crippen molar-refractivity contribution in [3.05, 3.63) is 30.3 Å². The van der Waals surface area contributed by atoms with Crippen LogP contribution in [0.2, 0.25) is 0 Å². The second-order valence-electron chi connectivity index (χ2n) is 4.69. The first-order chi connectivity index (χ1) is 9.88. The highest BCUT2D eigenvalue weighted by Gasteiger charge is 2.57. The average Bonchev–Trinajstić information content (AvgIpc) is 3.20. The van der Waals surface area contributed by atoms with Crippen LogP contribution in [0.3, 0.4) is 0 Å². The number of amides is 1. The van der Waals surface area contributed by atoms with Crippen molar-refractivity contribution in [2.24, 2.45) is 16.1 Å². The molecule has 2 rings (SSSR count). The number of anilines is 1. The molecule has 1 unspecified atom stereocenters. The van der Waals surface area contributed by atoms with E-state index in [4.69, 9.17) is 0 Å². The number of rotatable bonds is 6. The third-order valence-electron chi connectivity index (χ3n) is 3.11. The van der Waals surface area contributed by atoms with Gasteiger partial charge in [-0.1, -0.05) is 18.2 Å². The van der Waals surface area contributed by atoms with Gasteiger partial charge in [-0.3, -0.25) is 19.2 Å². The number of carbonyl (C=O) groups is 4. The molecule has 7 heteroatoms. The SMILES string of the molecule is CC(=O)C(C(=O)Nc1ccccc1)C(=O)C1(C(C)=O)N=N1. The lowest BCUT2D eigenvalue weighted by Gasteiger charge is -2.15. The van der Waals surface area contributed by atoms with Crippen molar-refractivity contribution in [1.82, 2.24) is 0 Å².